The van der Waals surface area contributed by atoms with Gasteiger partial charge in [-0.15, -0.1) is 12.4 Å². The first-order valence-corrected chi connectivity index (χ1v) is 5.61. The predicted molar refractivity (Wildman–Crippen MR) is 77.0 cm³/mol. The summed E-state index contributed by atoms with van der Waals surface area (Å²) in [5.41, 5.74) is 6.87. The summed E-state index contributed by atoms with van der Waals surface area (Å²) >= 11 is 0. The number of fused-ring (bicyclic) bond motifs is 1. The summed E-state index contributed by atoms with van der Waals surface area (Å²) in [7, 11) is 0. The number of nitrogens with one attached hydrogen (secondary N) is 2. The molecule has 4 N–H and O–H groups in total. The Balaban J connectivity index is 0.00000162. The molecule has 0 unspecified atom stereocenters. The molecule has 0 saturated heterocycles. The van der Waals surface area contributed by atoms with E-state index in [2.05, 4.69) is 10.3 Å². The average Bonchev–Trinajstić information content (AvgIpc) is 2.76. The van der Waals surface area contributed by atoms with Crippen LogP contribution in [-0.4, -0.2) is 17.4 Å². The Morgan fingerprint density at radius 3 is 2.78 bits per heavy atom. The van der Waals surface area contributed by atoms with E-state index in [4.69, 9.17) is 5.73 Å². The lowest BCUT2D eigenvalue weighted by atomic mass is 9.92. The molecular weight excluding hydrogens is 250 g/mol. The number of nitrogens with two attached hydrogens (primary N) is 1. The molecule has 0 aliphatic rings. The second-order valence-electron chi connectivity index (χ2n) is 4.82. The van der Waals surface area contributed by atoms with E-state index in [1.807, 2.05) is 44.3 Å². The van der Waals surface area contributed by atoms with E-state index in [1.54, 1.807) is 0 Å². The molecule has 18 heavy (non-hydrogen) atoms. The Labute approximate surface area is 112 Å². The number of hydrogen-bond acceptors (Lipinski definition) is 2. The van der Waals surface area contributed by atoms with Crippen LogP contribution in [-0.2, 0) is 4.79 Å². The van der Waals surface area contributed by atoms with Crippen LogP contribution in [0.3, 0.4) is 0 Å². The van der Waals surface area contributed by atoms with E-state index < -0.39 is 5.41 Å². The number of hydrogen-bond donors (Lipinski definition) is 3. The van der Waals surface area contributed by atoms with E-state index in [0.717, 1.165) is 16.6 Å². The quantitative estimate of drug-likeness (QED) is 0.800. The number of rotatable bonds is 3. The number of aromatic amines is 1. The van der Waals surface area contributed by atoms with Gasteiger partial charge < -0.3 is 16.0 Å². The minimum atomic E-state index is -0.549. The number of carbonyl (C=O) groups excluding carboxylic acids is 1. The van der Waals surface area contributed by atoms with Crippen LogP contribution < -0.4 is 11.1 Å². The molecule has 0 aliphatic heterocycles. The molecule has 0 atom stereocenters. The summed E-state index contributed by atoms with van der Waals surface area (Å²) in [6.07, 6.45) is 1.88. The highest BCUT2D eigenvalue weighted by Crippen LogP contribution is 2.21. The number of benzene rings is 1. The normalized spacial score (nSPS) is 11.1. The number of amides is 1. The lowest BCUT2D eigenvalue weighted by Crippen LogP contribution is -2.37. The van der Waals surface area contributed by atoms with Crippen LogP contribution in [0.4, 0.5) is 5.69 Å². The molecule has 0 bridgehead atoms. The molecule has 2 rings (SSSR count). The molecule has 0 fully saturated rings. The smallest absolute Gasteiger partial charge is 0.231 e. The number of anilines is 1. The Bertz CT molecular complexity index is 548. The first-order chi connectivity index (χ1) is 8.03. The third kappa shape index (κ3) is 2.83. The Hall–Kier alpha value is -1.52. The van der Waals surface area contributed by atoms with Crippen LogP contribution in [0, 0.1) is 5.41 Å². The van der Waals surface area contributed by atoms with Crippen molar-refractivity contribution in [2.75, 3.05) is 11.9 Å². The molecule has 1 aromatic heterocycles. The summed E-state index contributed by atoms with van der Waals surface area (Å²) in [5, 5.41) is 3.96. The van der Waals surface area contributed by atoms with Crippen molar-refractivity contribution in [2.24, 2.45) is 11.1 Å². The monoisotopic (exact) mass is 267 g/mol. The van der Waals surface area contributed by atoms with Crippen LogP contribution in [0.2, 0.25) is 0 Å². The van der Waals surface area contributed by atoms with Crippen LogP contribution >= 0.6 is 12.4 Å². The van der Waals surface area contributed by atoms with Gasteiger partial charge in [0, 0.05) is 29.3 Å². The predicted octanol–water partition coefficient (Wildman–Crippen LogP) is 2.51. The fourth-order valence-corrected chi connectivity index (χ4v) is 1.52. The second-order valence-corrected chi connectivity index (χ2v) is 4.82. The Kier molecular flexibility index (Phi) is 4.38. The van der Waals surface area contributed by atoms with Crippen molar-refractivity contribution in [1.29, 1.82) is 0 Å². The minimum Gasteiger partial charge on any atom is -0.361 e. The number of carbonyl (C=O) groups is 1. The summed E-state index contributed by atoms with van der Waals surface area (Å²) < 4.78 is 0. The molecule has 2 aromatic rings. The van der Waals surface area contributed by atoms with E-state index in [9.17, 15) is 4.79 Å². The minimum absolute atomic E-state index is 0. The SMILES string of the molecule is CC(C)(CN)C(=O)Nc1ccc2[nH]ccc2c1.Cl. The molecule has 0 aliphatic carbocycles. The highest BCUT2D eigenvalue weighted by atomic mass is 35.5. The van der Waals surface area contributed by atoms with Gasteiger partial charge in [0.2, 0.25) is 5.91 Å². The van der Waals surface area contributed by atoms with Gasteiger partial charge in [0.1, 0.15) is 0 Å². The summed E-state index contributed by atoms with van der Waals surface area (Å²) in [4.78, 5) is 15.0. The van der Waals surface area contributed by atoms with Gasteiger partial charge in [0.25, 0.3) is 0 Å². The third-order valence-corrected chi connectivity index (χ3v) is 2.94. The molecule has 1 heterocycles. The number of halogens is 1. The standard InChI is InChI=1S/C13H17N3O.ClH/c1-13(2,8-14)12(17)16-10-3-4-11-9(7-10)5-6-15-11;/h3-7,15H,8,14H2,1-2H3,(H,16,17);1H. The Morgan fingerprint density at radius 1 is 1.39 bits per heavy atom. The van der Waals surface area contributed by atoms with Crippen molar-refractivity contribution in [3.05, 3.63) is 30.5 Å². The zero-order valence-corrected chi connectivity index (χ0v) is 11.3. The molecule has 0 saturated carbocycles. The first-order valence-electron chi connectivity index (χ1n) is 5.61. The zero-order valence-electron chi connectivity index (χ0n) is 10.5. The van der Waals surface area contributed by atoms with E-state index in [1.165, 1.54) is 0 Å². The van der Waals surface area contributed by atoms with Gasteiger partial charge >= 0.3 is 0 Å². The molecule has 1 amide bonds. The van der Waals surface area contributed by atoms with Crippen LogP contribution in [0.5, 0.6) is 0 Å². The number of H-pyrrole nitrogens is 1. The van der Waals surface area contributed by atoms with Crippen LogP contribution in [0.15, 0.2) is 30.5 Å². The average molecular weight is 268 g/mol. The summed E-state index contributed by atoms with van der Waals surface area (Å²) in [6, 6.07) is 7.74. The maximum Gasteiger partial charge on any atom is 0.231 e. The first kappa shape index (κ1) is 14.5. The van der Waals surface area contributed by atoms with Crippen molar-refractivity contribution in [2.45, 2.75) is 13.8 Å². The van der Waals surface area contributed by atoms with Crippen molar-refractivity contribution in [3.63, 3.8) is 0 Å². The summed E-state index contributed by atoms with van der Waals surface area (Å²) in [5.74, 6) is -0.0603. The van der Waals surface area contributed by atoms with Crippen molar-refractivity contribution in [1.82, 2.24) is 4.98 Å². The zero-order chi connectivity index (χ0) is 12.5. The third-order valence-electron chi connectivity index (χ3n) is 2.94. The molecule has 1 aromatic carbocycles. The molecule has 0 radical (unpaired) electrons. The van der Waals surface area contributed by atoms with Gasteiger partial charge in [-0.25, -0.2) is 0 Å². The fourth-order valence-electron chi connectivity index (χ4n) is 1.52. The highest BCUT2D eigenvalue weighted by Gasteiger charge is 2.25. The molecule has 98 valence electrons. The van der Waals surface area contributed by atoms with Crippen molar-refractivity contribution in [3.8, 4) is 0 Å². The Morgan fingerprint density at radius 2 is 2.11 bits per heavy atom. The van der Waals surface area contributed by atoms with Gasteiger partial charge in [-0.1, -0.05) is 0 Å². The van der Waals surface area contributed by atoms with Crippen molar-refractivity contribution >= 4 is 34.9 Å². The largest absolute Gasteiger partial charge is 0.361 e. The van der Waals surface area contributed by atoms with Crippen LogP contribution in [0.1, 0.15) is 13.8 Å². The van der Waals surface area contributed by atoms with Gasteiger partial charge in [-0.05, 0) is 38.1 Å². The molecule has 5 heteroatoms. The second kappa shape index (κ2) is 5.42. The van der Waals surface area contributed by atoms with Gasteiger partial charge in [-0.2, -0.15) is 0 Å². The maximum absolute atomic E-state index is 11.9. The highest BCUT2D eigenvalue weighted by molar-refractivity contribution is 5.97. The van der Waals surface area contributed by atoms with E-state index in [-0.39, 0.29) is 18.3 Å². The van der Waals surface area contributed by atoms with E-state index in [0.29, 0.717) is 6.54 Å². The number of aromatic nitrogens is 1. The van der Waals surface area contributed by atoms with Gasteiger partial charge in [0.15, 0.2) is 0 Å². The molecule has 0 spiro atoms. The lowest BCUT2D eigenvalue weighted by Gasteiger charge is -2.21. The fraction of sp³-hybridized carbons (Fsp3) is 0.308. The summed E-state index contributed by atoms with van der Waals surface area (Å²) in [6.45, 7) is 3.99. The van der Waals surface area contributed by atoms with E-state index >= 15 is 0 Å². The van der Waals surface area contributed by atoms with Gasteiger partial charge in [0.05, 0.1) is 5.41 Å². The topological polar surface area (TPSA) is 70.9 Å². The van der Waals surface area contributed by atoms with Crippen molar-refractivity contribution < 1.29 is 4.79 Å². The van der Waals surface area contributed by atoms with Gasteiger partial charge in [-0.3, -0.25) is 4.79 Å². The maximum atomic E-state index is 11.9. The molecule has 4 nitrogen and oxygen atoms in total. The lowest BCUT2D eigenvalue weighted by molar-refractivity contribution is -0.123. The van der Waals surface area contributed by atoms with Crippen LogP contribution in [0.25, 0.3) is 10.9 Å². The molecular formula is C13H18ClN3O.